The molecule has 0 unspecified atom stereocenters. The van der Waals surface area contributed by atoms with Crippen LogP contribution < -0.4 is 10.6 Å². The molecule has 3 aromatic rings. The number of oxazole rings is 1. The first-order chi connectivity index (χ1) is 11.4. The Kier molecular flexibility index (Phi) is 4.16. The van der Waals surface area contributed by atoms with Crippen LogP contribution in [0, 0.1) is 18.6 Å². The smallest absolute Gasteiger partial charge is 0.246 e. The molecule has 0 spiro atoms. The van der Waals surface area contributed by atoms with Gasteiger partial charge < -0.3 is 15.1 Å². The average molecular weight is 331 g/mol. The number of para-hydroxylation sites is 1. The zero-order valence-electron chi connectivity index (χ0n) is 13.1. The van der Waals surface area contributed by atoms with Gasteiger partial charge in [0.15, 0.2) is 11.5 Å². The molecule has 124 valence electrons. The van der Waals surface area contributed by atoms with Crippen molar-refractivity contribution in [3.63, 3.8) is 0 Å². The second kappa shape index (κ2) is 6.27. The van der Waals surface area contributed by atoms with Crippen molar-refractivity contribution in [1.29, 1.82) is 0 Å². The van der Waals surface area contributed by atoms with Crippen molar-refractivity contribution < 1.29 is 18.0 Å². The van der Waals surface area contributed by atoms with Gasteiger partial charge in [0, 0.05) is 12.6 Å². The van der Waals surface area contributed by atoms with Gasteiger partial charge >= 0.3 is 0 Å². The van der Waals surface area contributed by atoms with Crippen molar-refractivity contribution in [1.82, 2.24) is 4.98 Å². The van der Waals surface area contributed by atoms with Crippen LogP contribution in [-0.4, -0.2) is 16.9 Å². The monoisotopic (exact) mass is 331 g/mol. The highest BCUT2D eigenvalue weighted by Crippen LogP contribution is 2.21. The first kappa shape index (κ1) is 15.9. The normalized spacial score (nSPS) is 12.2. The van der Waals surface area contributed by atoms with Crippen LogP contribution in [-0.2, 0) is 4.79 Å². The minimum Gasteiger partial charge on any atom is -0.441 e. The SMILES string of the molecule is Cc1nc2cc(N[C@@H](C)C(=O)Nc3c(F)cccc3F)ccc2o1. The molecule has 0 aliphatic heterocycles. The maximum atomic E-state index is 13.6. The molecule has 2 aromatic carbocycles. The van der Waals surface area contributed by atoms with Crippen LogP contribution in [0.2, 0.25) is 0 Å². The first-order valence-electron chi connectivity index (χ1n) is 7.32. The Morgan fingerprint density at radius 2 is 1.92 bits per heavy atom. The van der Waals surface area contributed by atoms with Gasteiger partial charge in [0.05, 0.1) is 0 Å². The predicted octanol–water partition coefficient (Wildman–Crippen LogP) is 3.85. The number of carbonyl (C=O) groups excluding carboxylic acids is 1. The molecule has 0 aliphatic carbocycles. The van der Waals surface area contributed by atoms with E-state index in [2.05, 4.69) is 15.6 Å². The number of aryl methyl sites for hydroxylation is 1. The van der Waals surface area contributed by atoms with Gasteiger partial charge in [-0.15, -0.1) is 0 Å². The molecule has 1 amide bonds. The van der Waals surface area contributed by atoms with Gasteiger partial charge in [-0.1, -0.05) is 6.07 Å². The van der Waals surface area contributed by atoms with Crippen LogP contribution in [0.25, 0.3) is 11.1 Å². The molecule has 0 saturated carbocycles. The fraction of sp³-hybridized carbons (Fsp3) is 0.176. The summed E-state index contributed by atoms with van der Waals surface area (Å²) in [5.41, 5.74) is 1.49. The van der Waals surface area contributed by atoms with Crippen molar-refractivity contribution in [2.75, 3.05) is 10.6 Å². The van der Waals surface area contributed by atoms with Crippen molar-refractivity contribution in [3.05, 3.63) is 53.9 Å². The quantitative estimate of drug-likeness (QED) is 0.762. The third-order valence-corrected chi connectivity index (χ3v) is 3.48. The van der Waals surface area contributed by atoms with Crippen molar-refractivity contribution in [2.24, 2.45) is 0 Å². The molecule has 0 radical (unpaired) electrons. The lowest BCUT2D eigenvalue weighted by Gasteiger charge is -2.15. The van der Waals surface area contributed by atoms with E-state index in [4.69, 9.17) is 4.42 Å². The molecule has 1 aromatic heterocycles. The third-order valence-electron chi connectivity index (χ3n) is 3.48. The lowest BCUT2D eigenvalue weighted by molar-refractivity contribution is -0.116. The van der Waals surface area contributed by atoms with Crippen molar-refractivity contribution >= 4 is 28.4 Å². The van der Waals surface area contributed by atoms with Gasteiger partial charge in [-0.2, -0.15) is 0 Å². The van der Waals surface area contributed by atoms with Crippen LogP contribution in [0.1, 0.15) is 12.8 Å². The van der Waals surface area contributed by atoms with Gasteiger partial charge in [0.1, 0.15) is 28.9 Å². The Hall–Kier alpha value is -2.96. The minimum absolute atomic E-state index is 0.460. The second-order valence-electron chi connectivity index (χ2n) is 5.37. The summed E-state index contributed by atoms with van der Waals surface area (Å²) in [5, 5.41) is 5.22. The van der Waals surface area contributed by atoms with Crippen LogP contribution in [0.15, 0.2) is 40.8 Å². The van der Waals surface area contributed by atoms with E-state index in [1.807, 2.05) is 0 Å². The summed E-state index contributed by atoms with van der Waals surface area (Å²) >= 11 is 0. The number of nitrogens with zero attached hydrogens (tertiary/aromatic N) is 1. The summed E-state index contributed by atoms with van der Waals surface area (Å²) in [6, 6.07) is 7.89. The molecule has 2 N–H and O–H groups in total. The van der Waals surface area contributed by atoms with E-state index in [-0.39, 0.29) is 0 Å². The molecular weight excluding hydrogens is 316 g/mol. The number of nitrogens with one attached hydrogen (secondary N) is 2. The third kappa shape index (κ3) is 3.19. The Morgan fingerprint density at radius 1 is 1.21 bits per heavy atom. The van der Waals surface area contributed by atoms with E-state index in [1.165, 1.54) is 6.07 Å². The van der Waals surface area contributed by atoms with E-state index in [0.29, 0.717) is 22.7 Å². The zero-order chi connectivity index (χ0) is 17.3. The highest BCUT2D eigenvalue weighted by atomic mass is 19.1. The summed E-state index contributed by atoms with van der Waals surface area (Å²) in [7, 11) is 0. The van der Waals surface area contributed by atoms with Gasteiger partial charge in [-0.05, 0) is 37.3 Å². The number of hydrogen-bond donors (Lipinski definition) is 2. The molecule has 1 atom stereocenters. The van der Waals surface area contributed by atoms with Gasteiger partial charge in [-0.25, -0.2) is 13.8 Å². The Balaban J connectivity index is 1.73. The number of halogens is 2. The van der Waals surface area contributed by atoms with E-state index < -0.39 is 29.3 Å². The van der Waals surface area contributed by atoms with E-state index in [9.17, 15) is 13.6 Å². The molecule has 24 heavy (non-hydrogen) atoms. The topological polar surface area (TPSA) is 67.2 Å². The van der Waals surface area contributed by atoms with Crippen LogP contribution in [0.5, 0.6) is 0 Å². The second-order valence-corrected chi connectivity index (χ2v) is 5.37. The molecule has 0 aliphatic rings. The number of rotatable bonds is 4. The maximum Gasteiger partial charge on any atom is 0.246 e. The summed E-state index contributed by atoms with van der Waals surface area (Å²) in [4.78, 5) is 16.4. The van der Waals surface area contributed by atoms with Gasteiger partial charge in [0.25, 0.3) is 0 Å². The number of hydrogen-bond acceptors (Lipinski definition) is 4. The van der Waals surface area contributed by atoms with Crippen LogP contribution in [0.4, 0.5) is 20.2 Å². The number of amides is 1. The zero-order valence-corrected chi connectivity index (χ0v) is 13.1. The number of fused-ring (bicyclic) bond motifs is 1. The Labute approximate surface area is 136 Å². The van der Waals surface area contributed by atoms with Gasteiger partial charge in [-0.3, -0.25) is 4.79 Å². The lowest BCUT2D eigenvalue weighted by atomic mass is 10.2. The average Bonchev–Trinajstić information content (AvgIpc) is 2.90. The number of benzene rings is 2. The predicted molar refractivity (Wildman–Crippen MR) is 86.8 cm³/mol. The molecule has 0 saturated heterocycles. The van der Waals surface area contributed by atoms with E-state index >= 15 is 0 Å². The summed E-state index contributed by atoms with van der Waals surface area (Å²) < 4.78 is 32.5. The number of carbonyl (C=O) groups is 1. The highest BCUT2D eigenvalue weighted by Gasteiger charge is 2.17. The Morgan fingerprint density at radius 3 is 2.62 bits per heavy atom. The largest absolute Gasteiger partial charge is 0.441 e. The lowest BCUT2D eigenvalue weighted by Crippen LogP contribution is -2.32. The van der Waals surface area contributed by atoms with Crippen LogP contribution >= 0.6 is 0 Å². The molecular formula is C17H15F2N3O2. The van der Waals surface area contributed by atoms with Gasteiger partial charge in [0.2, 0.25) is 5.91 Å². The summed E-state index contributed by atoms with van der Waals surface area (Å²) in [6.07, 6.45) is 0. The van der Waals surface area contributed by atoms with E-state index in [1.54, 1.807) is 32.0 Å². The molecule has 5 nitrogen and oxygen atoms in total. The molecule has 0 fully saturated rings. The minimum atomic E-state index is -0.824. The fourth-order valence-electron chi connectivity index (χ4n) is 2.30. The molecule has 0 bridgehead atoms. The Bertz CT molecular complexity index is 888. The van der Waals surface area contributed by atoms with Crippen molar-refractivity contribution in [2.45, 2.75) is 19.9 Å². The number of anilines is 2. The highest BCUT2D eigenvalue weighted by molar-refractivity contribution is 5.96. The fourth-order valence-corrected chi connectivity index (χ4v) is 2.30. The standard InChI is InChI=1S/C17H15F2N3O2/c1-9(17(23)22-16-12(18)4-3-5-13(16)19)20-11-6-7-15-14(8-11)21-10(2)24-15/h3-9,20H,1-2H3,(H,22,23)/t9-/m0/s1. The molecule has 3 rings (SSSR count). The number of aromatic nitrogens is 1. The summed E-state index contributed by atoms with van der Waals surface area (Å²) in [6.45, 7) is 3.33. The maximum absolute atomic E-state index is 13.6. The van der Waals surface area contributed by atoms with E-state index in [0.717, 1.165) is 12.1 Å². The van der Waals surface area contributed by atoms with Crippen molar-refractivity contribution in [3.8, 4) is 0 Å². The first-order valence-corrected chi connectivity index (χ1v) is 7.32. The molecule has 1 heterocycles. The summed E-state index contributed by atoms with van der Waals surface area (Å²) in [5.74, 6) is -1.66. The molecule has 7 heteroatoms. The van der Waals surface area contributed by atoms with Crippen LogP contribution in [0.3, 0.4) is 0 Å².